The van der Waals surface area contributed by atoms with Gasteiger partial charge in [-0.3, -0.25) is 24.6 Å². The quantitative estimate of drug-likeness (QED) is 0.811. The maximum absolute atomic E-state index is 12.8. The second-order valence-corrected chi connectivity index (χ2v) is 5.82. The van der Waals surface area contributed by atoms with Gasteiger partial charge in [-0.25, -0.2) is 0 Å². The maximum Gasteiger partial charge on any atom is 0.259 e. The van der Waals surface area contributed by atoms with Crippen LogP contribution in [-0.2, 0) is 16.1 Å². The third-order valence-electron chi connectivity index (χ3n) is 4.56. The molecule has 0 aromatic heterocycles. The molecule has 116 valence electrons. The SMILES string of the molecule is NCc1ccc2c3c(cccc13)C(=O)N2[C@H]1CCC(=O)NC1=O. The minimum Gasteiger partial charge on any atom is -0.326 e. The highest BCUT2D eigenvalue weighted by Crippen LogP contribution is 2.40. The predicted octanol–water partition coefficient (Wildman–Crippen LogP) is 1.06. The molecular formula is C17H15N3O3. The van der Waals surface area contributed by atoms with Gasteiger partial charge in [0.15, 0.2) is 0 Å². The summed E-state index contributed by atoms with van der Waals surface area (Å²) >= 11 is 0. The van der Waals surface area contributed by atoms with Crippen LogP contribution in [0.3, 0.4) is 0 Å². The number of nitrogens with zero attached hydrogens (tertiary/aromatic N) is 1. The molecule has 1 atom stereocenters. The molecule has 0 saturated carbocycles. The van der Waals surface area contributed by atoms with E-state index in [9.17, 15) is 14.4 Å². The number of nitrogens with two attached hydrogens (primary N) is 1. The highest BCUT2D eigenvalue weighted by atomic mass is 16.2. The van der Waals surface area contributed by atoms with Gasteiger partial charge in [-0.05, 0) is 29.5 Å². The Bertz CT molecular complexity index is 875. The number of anilines is 1. The van der Waals surface area contributed by atoms with Gasteiger partial charge >= 0.3 is 0 Å². The second-order valence-electron chi connectivity index (χ2n) is 5.82. The molecule has 6 nitrogen and oxygen atoms in total. The van der Waals surface area contributed by atoms with Gasteiger partial charge in [0, 0.05) is 23.9 Å². The van der Waals surface area contributed by atoms with E-state index in [0.717, 1.165) is 16.3 Å². The lowest BCUT2D eigenvalue weighted by atomic mass is 10.0. The van der Waals surface area contributed by atoms with Gasteiger partial charge in [0.2, 0.25) is 11.8 Å². The van der Waals surface area contributed by atoms with Crippen molar-refractivity contribution in [2.75, 3.05) is 4.90 Å². The summed E-state index contributed by atoms with van der Waals surface area (Å²) in [6.45, 7) is 0.382. The molecule has 0 unspecified atom stereocenters. The smallest absolute Gasteiger partial charge is 0.259 e. The Morgan fingerprint density at radius 3 is 2.74 bits per heavy atom. The largest absolute Gasteiger partial charge is 0.326 e. The normalized spacial score (nSPS) is 20.3. The number of rotatable bonds is 2. The molecule has 0 spiro atoms. The van der Waals surface area contributed by atoms with Crippen LogP contribution in [0.4, 0.5) is 5.69 Å². The lowest BCUT2D eigenvalue weighted by molar-refractivity contribution is -0.134. The Balaban J connectivity index is 1.88. The van der Waals surface area contributed by atoms with E-state index in [2.05, 4.69) is 5.32 Å². The van der Waals surface area contributed by atoms with Gasteiger partial charge < -0.3 is 5.73 Å². The van der Waals surface area contributed by atoms with Crippen molar-refractivity contribution in [1.82, 2.24) is 5.32 Å². The third kappa shape index (κ3) is 1.88. The highest BCUT2D eigenvalue weighted by molar-refractivity contribution is 6.27. The molecule has 23 heavy (non-hydrogen) atoms. The Labute approximate surface area is 132 Å². The molecule has 3 N–H and O–H groups in total. The molecule has 0 bridgehead atoms. The van der Waals surface area contributed by atoms with Gasteiger partial charge in [-0.2, -0.15) is 0 Å². The standard InChI is InChI=1S/C17H15N3O3/c18-8-9-4-5-12-15-10(9)2-1-3-11(15)17(23)20(12)13-6-7-14(21)19-16(13)22/h1-5,13H,6-8,18H2,(H,19,21,22)/t13-/m0/s1. The lowest BCUT2D eigenvalue weighted by Gasteiger charge is -2.30. The van der Waals surface area contributed by atoms with Crippen molar-refractivity contribution in [1.29, 1.82) is 0 Å². The van der Waals surface area contributed by atoms with Crippen LogP contribution >= 0.6 is 0 Å². The number of hydrogen-bond donors (Lipinski definition) is 2. The van der Waals surface area contributed by atoms with Crippen molar-refractivity contribution in [3.8, 4) is 0 Å². The molecule has 6 heteroatoms. The molecule has 2 aliphatic heterocycles. The van der Waals surface area contributed by atoms with Crippen LogP contribution in [0.5, 0.6) is 0 Å². The second kappa shape index (κ2) is 4.89. The van der Waals surface area contributed by atoms with E-state index in [1.165, 1.54) is 4.90 Å². The van der Waals surface area contributed by atoms with E-state index in [4.69, 9.17) is 5.73 Å². The number of carbonyl (C=O) groups is 3. The third-order valence-corrected chi connectivity index (χ3v) is 4.56. The molecule has 0 aliphatic carbocycles. The zero-order valence-electron chi connectivity index (χ0n) is 12.3. The van der Waals surface area contributed by atoms with Crippen LogP contribution in [-0.4, -0.2) is 23.8 Å². The average molecular weight is 309 g/mol. The van der Waals surface area contributed by atoms with Gasteiger partial charge in [0.25, 0.3) is 5.91 Å². The zero-order chi connectivity index (χ0) is 16.1. The van der Waals surface area contributed by atoms with E-state index in [-0.39, 0.29) is 18.2 Å². The van der Waals surface area contributed by atoms with E-state index in [1.54, 1.807) is 6.07 Å². The fraction of sp³-hybridized carbons (Fsp3) is 0.235. The van der Waals surface area contributed by atoms with Gasteiger partial charge in [-0.1, -0.05) is 18.2 Å². The summed E-state index contributed by atoms with van der Waals surface area (Å²) in [7, 11) is 0. The van der Waals surface area contributed by atoms with E-state index in [1.807, 2.05) is 24.3 Å². The van der Waals surface area contributed by atoms with Crippen LogP contribution in [0.25, 0.3) is 10.8 Å². The summed E-state index contributed by atoms with van der Waals surface area (Å²) in [6, 6.07) is 8.60. The molecule has 3 amide bonds. The minimum atomic E-state index is -0.653. The number of hydrogen-bond acceptors (Lipinski definition) is 4. The number of amides is 3. The summed E-state index contributed by atoms with van der Waals surface area (Å²) in [5.41, 5.74) is 8.04. The Hall–Kier alpha value is -2.73. The molecular weight excluding hydrogens is 294 g/mol. The maximum atomic E-state index is 12.8. The Morgan fingerprint density at radius 2 is 2.00 bits per heavy atom. The lowest BCUT2D eigenvalue weighted by Crippen LogP contribution is -2.53. The number of benzene rings is 2. The molecule has 1 saturated heterocycles. The first-order valence-corrected chi connectivity index (χ1v) is 7.53. The van der Waals surface area contributed by atoms with Crippen LogP contribution in [0.15, 0.2) is 30.3 Å². The first-order chi connectivity index (χ1) is 11.1. The highest BCUT2D eigenvalue weighted by Gasteiger charge is 2.40. The van der Waals surface area contributed by atoms with Crippen molar-refractivity contribution < 1.29 is 14.4 Å². The Morgan fingerprint density at radius 1 is 1.17 bits per heavy atom. The Kier molecular flexibility index (Phi) is 2.96. The average Bonchev–Trinajstić information content (AvgIpc) is 2.83. The van der Waals surface area contributed by atoms with E-state index < -0.39 is 11.9 Å². The predicted molar refractivity (Wildman–Crippen MR) is 84.8 cm³/mol. The summed E-state index contributed by atoms with van der Waals surface area (Å²) in [5, 5.41) is 4.09. The number of imide groups is 1. The number of nitrogens with one attached hydrogen (secondary N) is 1. The van der Waals surface area contributed by atoms with Crippen molar-refractivity contribution in [2.45, 2.75) is 25.4 Å². The summed E-state index contributed by atoms with van der Waals surface area (Å²) in [4.78, 5) is 37.9. The van der Waals surface area contributed by atoms with Gasteiger partial charge in [0.05, 0.1) is 5.69 Å². The summed E-state index contributed by atoms with van der Waals surface area (Å²) in [6.07, 6.45) is 0.574. The fourth-order valence-corrected chi connectivity index (χ4v) is 3.48. The van der Waals surface area contributed by atoms with Crippen molar-refractivity contribution in [3.63, 3.8) is 0 Å². The summed E-state index contributed by atoms with van der Waals surface area (Å²) in [5.74, 6) is -0.910. The van der Waals surface area contributed by atoms with Crippen LogP contribution < -0.4 is 16.0 Å². The van der Waals surface area contributed by atoms with E-state index >= 15 is 0 Å². The van der Waals surface area contributed by atoms with Gasteiger partial charge in [0.1, 0.15) is 6.04 Å². The topological polar surface area (TPSA) is 92.5 Å². The molecule has 2 aromatic carbocycles. The molecule has 4 rings (SSSR count). The number of carbonyl (C=O) groups excluding carboxylic acids is 3. The first kappa shape index (κ1) is 13.9. The minimum absolute atomic E-state index is 0.200. The fourth-order valence-electron chi connectivity index (χ4n) is 3.48. The monoisotopic (exact) mass is 309 g/mol. The van der Waals surface area contributed by atoms with Crippen molar-refractivity contribution in [2.24, 2.45) is 5.73 Å². The molecule has 2 aromatic rings. The molecule has 2 aliphatic rings. The molecule has 1 fully saturated rings. The van der Waals surface area contributed by atoms with Crippen LogP contribution in [0, 0.1) is 0 Å². The number of piperidine rings is 1. The van der Waals surface area contributed by atoms with Gasteiger partial charge in [-0.15, -0.1) is 0 Å². The molecule has 2 heterocycles. The van der Waals surface area contributed by atoms with Crippen molar-refractivity contribution >= 4 is 34.2 Å². The van der Waals surface area contributed by atoms with Crippen LogP contribution in [0.2, 0.25) is 0 Å². The van der Waals surface area contributed by atoms with E-state index in [0.29, 0.717) is 24.2 Å². The van der Waals surface area contributed by atoms with Crippen molar-refractivity contribution in [3.05, 3.63) is 41.5 Å². The molecule has 0 radical (unpaired) electrons. The van der Waals surface area contributed by atoms with Crippen LogP contribution in [0.1, 0.15) is 28.8 Å². The first-order valence-electron chi connectivity index (χ1n) is 7.53. The zero-order valence-corrected chi connectivity index (χ0v) is 12.3. The summed E-state index contributed by atoms with van der Waals surface area (Å²) < 4.78 is 0.